The van der Waals surface area contributed by atoms with Crippen molar-refractivity contribution >= 4 is 40.3 Å². The zero-order valence-corrected chi connectivity index (χ0v) is 15.3. The van der Waals surface area contributed by atoms with Gasteiger partial charge in [-0.2, -0.15) is 0 Å². The molecule has 1 heterocycles. The molecule has 23 heavy (non-hydrogen) atoms. The molecule has 124 valence electrons. The van der Waals surface area contributed by atoms with Crippen molar-refractivity contribution in [3.8, 4) is 0 Å². The van der Waals surface area contributed by atoms with Gasteiger partial charge < -0.3 is 15.4 Å². The average Bonchev–Trinajstić information content (AvgIpc) is 3.07. The van der Waals surface area contributed by atoms with E-state index in [1.54, 1.807) is 23.3 Å². The number of nitrogens with two attached hydrogens (primary N) is 1. The molecule has 1 fully saturated rings. The third kappa shape index (κ3) is 4.58. The standard InChI is InChI=1S/C18H25N3S2/c1-21(23-18-8-5-11-22-18)15-9-10-17(16(19)12-15)20-13-14-6-3-2-4-7-14/h5,8-12,14,20H,2-4,6-7,13,19H2,1H3. The number of hydrogen-bond donors (Lipinski definition) is 2. The van der Waals surface area contributed by atoms with Crippen LogP contribution in [-0.4, -0.2) is 13.6 Å². The highest BCUT2D eigenvalue weighted by Crippen LogP contribution is 2.33. The smallest absolute Gasteiger partial charge is 0.0809 e. The van der Waals surface area contributed by atoms with Crippen molar-refractivity contribution in [3.63, 3.8) is 0 Å². The number of nitrogens with one attached hydrogen (secondary N) is 1. The van der Waals surface area contributed by atoms with Gasteiger partial charge in [0.05, 0.1) is 15.6 Å². The molecule has 3 nitrogen and oxygen atoms in total. The van der Waals surface area contributed by atoms with E-state index in [1.807, 2.05) is 0 Å². The first-order valence-electron chi connectivity index (χ1n) is 8.31. The molecular formula is C18H25N3S2. The van der Waals surface area contributed by atoms with E-state index in [-0.39, 0.29) is 0 Å². The van der Waals surface area contributed by atoms with Crippen LogP contribution in [0.25, 0.3) is 0 Å². The van der Waals surface area contributed by atoms with Crippen molar-refractivity contribution < 1.29 is 0 Å². The SMILES string of the molecule is CN(Sc1cccs1)c1ccc(NCC2CCCCC2)c(N)c1. The zero-order valence-electron chi connectivity index (χ0n) is 13.6. The van der Waals surface area contributed by atoms with Gasteiger partial charge in [-0.05, 0) is 60.4 Å². The highest BCUT2D eigenvalue weighted by Gasteiger charge is 2.14. The maximum Gasteiger partial charge on any atom is 0.0809 e. The van der Waals surface area contributed by atoms with E-state index >= 15 is 0 Å². The fourth-order valence-electron chi connectivity index (χ4n) is 3.06. The van der Waals surface area contributed by atoms with E-state index in [1.165, 1.54) is 36.3 Å². The lowest BCUT2D eigenvalue weighted by Gasteiger charge is -2.23. The third-order valence-corrected chi connectivity index (χ3v) is 6.40. The van der Waals surface area contributed by atoms with Gasteiger partial charge in [-0.25, -0.2) is 0 Å². The second-order valence-electron chi connectivity index (χ2n) is 6.18. The van der Waals surface area contributed by atoms with E-state index < -0.39 is 0 Å². The van der Waals surface area contributed by atoms with Crippen molar-refractivity contribution in [1.29, 1.82) is 0 Å². The highest BCUT2D eigenvalue weighted by molar-refractivity contribution is 8.02. The van der Waals surface area contributed by atoms with Crippen molar-refractivity contribution in [2.24, 2.45) is 5.92 Å². The summed E-state index contributed by atoms with van der Waals surface area (Å²) in [6.07, 6.45) is 6.87. The summed E-state index contributed by atoms with van der Waals surface area (Å²) in [6.45, 7) is 1.04. The lowest BCUT2D eigenvalue weighted by Crippen LogP contribution is -2.17. The van der Waals surface area contributed by atoms with E-state index in [4.69, 9.17) is 5.73 Å². The lowest BCUT2D eigenvalue weighted by atomic mass is 9.89. The Morgan fingerprint density at radius 2 is 2.09 bits per heavy atom. The molecule has 0 saturated heterocycles. The summed E-state index contributed by atoms with van der Waals surface area (Å²) >= 11 is 3.48. The normalized spacial score (nSPS) is 15.5. The minimum absolute atomic E-state index is 0.805. The monoisotopic (exact) mass is 347 g/mol. The molecule has 0 atom stereocenters. The minimum Gasteiger partial charge on any atom is -0.397 e. The molecule has 3 N–H and O–H groups in total. The van der Waals surface area contributed by atoms with Gasteiger partial charge in [-0.3, -0.25) is 0 Å². The highest BCUT2D eigenvalue weighted by atomic mass is 32.2. The lowest BCUT2D eigenvalue weighted by molar-refractivity contribution is 0.373. The first-order chi connectivity index (χ1) is 11.2. The number of thiophene rings is 1. The van der Waals surface area contributed by atoms with Crippen LogP contribution in [0.2, 0.25) is 0 Å². The number of rotatable bonds is 6. The molecule has 0 radical (unpaired) electrons. The summed E-state index contributed by atoms with van der Waals surface area (Å²) in [4.78, 5) is 0. The fraction of sp³-hybridized carbons (Fsp3) is 0.444. The van der Waals surface area contributed by atoms with Crippen molar-refractivity contribution in [3.05, 3.63) is 35.7 Å². The van der Waals surface area contributed by atoms with Crippen molar-refractivity contribution in [2.75, 3.05) is 28.9 Å². The Kier molecular flexibility index (Phi) is 5.73. The second-order valence-corrected chi connectivity index (χ2v) is 8.55. The van der Waals surface area contributed by atoms with Crippen LogP contribution >= 0.6 is 23.3 Å². The van der Waals surface area contributed by atoms with Crippen LogP contribution in [0.3, 0.4) is 0 Å². The molecule has 1 aliphatic carbocycles. The molecule has 1 aromatic heterocycles. The summed E-state index contributed by atoms with van der Waals surface area (Å²) in [5.41, 5.74) is 9.28. The number of nitrogen functional groups attached to an aromatic ring is 1. The average molecular weight is 348 g/mol. The zero-order chi connectivity index (χ0) is 16.1. The van der Waals surface area contributed by atoms with Crippen LogP contribution in [0.1, 0.15) is 32.1 Å². The molecule has 0 aliphatic heterocycles. The molecule has 1 aliphatic rings. The predicted octanol–water partition coefficient (Wildman–Crippen LogP) is 5.47. The van der Waals surface area contributed by atoms with Crippen molar-refractivity contribution in [1.82, 2.24) is 0 Å². The quantitative estimate of drug-likeness (QED) is 0.537. The van der Waals surface area contributed by atoms with Crippen LogP contribution < -0.4 is 15.4 Å². The molecule has 0 bridgehead atoms. The Balaban J connectivity index is 1.58. The van der Waals surface area contributed by atoms with E-state index in [2.05, 4.69) is 52.4 Å². The second kappa shape index (κ2) is 7.97. The molecule has 0 spiro atoms. The Bertz CT molecular complexity index is 607. The molecule has 5 heteroatoms. The van der Waals surface area contributed by atoms with Crippen LogP contribution in [0.15, 0.2) is 39.9 Å². The summed E-state index contributed by atoms with van der Waals surface area (Å²) in [7, 11) is 2.08. The fourth-order valence-corrected chi connectivity index (χ4v) is 4.81. The summed E-state index contributed by atoms with van der Waals surface area (Å²) in [5, 5.41) is 5.65. The summed E-state index contributed by atoms with van der Waals surface area (Å²) in [6, 6.07) is 10.5. The molecule has 1 aromatic carbocycles. The number of hydrogen-bond acceptors (Lipinski definition) is 5. The minimum atomic E-state index is 0.805. The summed E-state index contributed by atoms with van der Waals surface area (Å²) in [5.74, 6) is 0.805. The molecule has 0 amide bonds. The molecule has 0 unspecified atom stereocenters. The maximum atomic E-state index is 6.25. The topological polar surface area (TPSA) is 41.3 Å². The Labute approximate surface area is 147 Å². The van der Waals surface area contributed by atoms with Gasteiger partial charge in [0.2, 0.25) is 0 Å². The first-order valence-corrected chi connectivity index (χ1v) is 9.96. The van der Waals surface area contributed by atoms with Crippen LogP contribution in [-0.2, 0) is 0 Å². The van der Waals surface area contributed by atoms with Crippen LogP contribution in [0.4, 0.5) is 17.1 Å². The molecule has 2 aromatic rings. The number of benzene rings is 1. The van der Waals surface area contributed by atoms with Crippen LogP contribution in [0, 0.1) is 5.92 Å². The molecular weight excluding hydrogens is 322 g/mol. The maximum absolute atomic E-state index is 6.25. The van der Waals surface area contributed by atoms with Gasteiger partial charge in [0, 0.05) is 19.3 Å². The van der Waals surface area contributed by atoms with Gasteiger partial charge >= 0.3 is 0 Å². The largest absolute Gasteiger partial charge is 0.397 e. The van der Waals surface area contributed by atoms with Gasteiger partial charge in [0.25, 0.3) is 0 Å². The molecule has 3 rings (SSSR count). The van der Waals surface area contributed by atoms with Crippen LogP contribution in [0.5, 0.6) is 0 Å². The summed E-state index contributed by atoms with van der Waals surface area (Å²) < 4.78 is 3.44. The van der Waals surface area contributed by atoms with E-state index in [0.29, 0.717) is 0 Å². The van der Waals surface area contributed by atoms with Crippen molar-refractivity contribution in [2.45, 2.75) is 36.3 Å². The Morgan fingerprint density at radius 1 is 1.26 bits per heavy atom. The Hall–Kier alpha value is -1.33. The number of nitrogens with zero attached hydrogens (tertiary/aromatic N) is 1. The van der Waals surface area contributed by atoms with Gasteiger partial charge in [-0.15, -0.1) is 11.3 Å². The Morgan fingerprint density at radius 3 is 2.78 bits per heavy atom. The van der Waals surface area contributed by atoms with E-state index in [0.717, 1.165) is 29.5 Å². The van der Waals surface area contributed by atoms with E-state index in [9.17, 15) is 0 Å². The first kappa shape index (κ1) is 16.5. The van der Waals surface area contributed by atoms with Gasteiger partial charge in [0.1, 0.15) is 0 Å². The molecule has 1 saturated carbocycles. The predicted molar refractivity (Wildman–Crippen MR) is 104 cm³/mol. The van der Waals surface area contributed by atoms with Gasteiger partial charge in [0.15, 0.2) is 0 Å². The number of anilines is 3. The van der Waals surface area contributed by atoms with Gasteiger partial charge in [-0.1, -0.05) is 25.3 Å². The third-order valence-electron chi connectivity index (χ3n) is 4.43.